The van der Waals surface area contributed by atoms with Gasteiger partial charge in [-0.25, -0.2) is 8.42 Å². The molecule has 6 heteroatoms. The molecule has 1 aliphatic rings. The van der Waals surface area contributed by atoms with Gasteiger partial charge < -0.3 is 9.64 Å². The molecule has 2 aromatic rings. The van der Waals surface area contributed by atoms with Crippen LogP contribution in [-0.2, 0) is 14.6 Å². The van der Waals surface area contributed by atoms with Gasteiger partial charge in [0.25, 0.3) is 5.91 Å². The molecule has 0 saturated carbocycles. The van der Waals surface area contributed by atoms with Gasteiger partial charge in [0.1, 0.15) is 5.75 Å². The number of benzene rings is 2. The molecule has 2 aromatic carbocycles. The van der Waals surface area contributed by atoms with Crippen LogP contribution in [0.25, 0.3) is 0 Å². The maximum atomic E-state index is 12.6. The Labute approximate surface area is 154 Å². The molecule has 0 aliphatic carbocycles. The number of sulfone groups is 1. The highest BCUT2D eigenvalue weighted by Crippen LogP contribution is 2.29. The topological polar surface area (TPSA) is 63.7 Å². The summed E-state index contributed by atoms with van der Waals surface area (Å²) in [5.41, 5.74) is 1.75. The van der Waals surface area contributed by atoms with Gasteiger partial charge in [0, 0.05) is 13.1 Å². The molecule has 1 aliphatic heterocycles. The van der Waals surface area contributed by atoms with Gasteiger partial charge in [-0.3, -0.25) is 4.79 Å². The molecule has 1 heterocycles. The summed E-state index contributed by atoms with van der Waals surface area (Å²) in [5.74, 6) is 0.463. The molecule has 138 valence electrons. The molecule has 3 rings (SSSR count). The number of carbonyl (C=O) groups excluding carboxylic acids is 1. The van der Waals surface area contributed by atoms with Gasteiger partial charge >= 0.3 is 0 Å². The van der Waals surface area contributed by atoms with Crippen molar-refractivity contribution in [3.63, 3.8) is 0 Å². The monoisotopic (exact) mass is 373 g/mol. The number of aryl methyl sites for hydroxylation is 1. The fourth-order valence-corrected chi connectivity index (χ4v) is 4.98. The van der Waals surface area contributed by atoms with Crippen LogP contribution in [0.3, 0.4) is 0 Å². The van der Waals surface area contributed by atoms with Crippen molar-refractivity contribution in [3.05, 3.63) is 65.7 Å². The minimum atomic E-state index is -3.29. The second-order valence-corrected chi connectivity index (χ2v) is 8.79. The number of hydrogen-bond acceptors (Lipinski definition) is 4. The normalized spacial score (nSPS) is 19.6. The quantitative estimate of drug-likeness (QED) is 0.827. The van der Waals surface area contributed by atoms with Gasteiger partial charge in [-0.05, 0) is 30.5 Å². The third-order valence-corrected chi connectivity index (χ3v) is 6.84. The molecule has 0 radical (unpaired) electrons. The lowest BCUT2D eigenvalue weighted by Gasteiger charge is -2.20. The lowest BCUT2D eigenvalue weighted by molar-refractivity contribution is -0.133. The van der Waals surface area contributed by atoms with Crippen LogP contribution >= 0.6 is 0 Å². The van der Waals surface area contributed by atoms with E-state index in [0.717, 1.165) is 11.1 Å². The van der Waals surface area contributed by atoms with Crippen molar-refractivity contribution in [1.29, 1.82) is 0 Å². The van der Waals surface area contributed by atoms with Crippen LogP contribution in [0.1, 0.15) is 22.8 Å². The van der Waals surface area contributed by atoms with Crippen LogP contribution in [0.2, 0.25) is 0 Å². The lowest BCUT2D eigenvalue weighted by atomic mass is 10.1. The molecule has 0 bridgehead atoms. The summed E-state index contributed by atoms with van der Waals surface area (Å²) in [5, 5.41) is -0.557. The average molecular weight is 373 g/mol. The van der Waals surface area contributed by atoms with E-state index in [1.54, 1.807) is 4.90 Å². The van der Waals surface area contributed by atoms with E-state index < -0.39 is 15.1 Å². The molecule has 1 unspecified atom stereocenters. The summed E-state index contributed by atoms with van der Waals surface area (Å²) in [7, 11) is -3.29. The van der Waals surface area contributed by atoms with Gasteiger partial charge in [0.15, 0.2) is 16.4 Å². The summed E-state index contributed by atoms with van der Waals surface area (Å²) in [6.07, 6.45) is 0.405. The number of ether oxygens (including phenoxy) is 1. The van der Waals surface area contributed by atoms with Crippen molar-refractivity contribution in [2.45, 2.75) is 18.6 Å². The molecule has 1 fully saturated rings. The molecule has 1 atom stereocenters. The van der Waals surface area contributed by atoms with E-state index in [1.165, 1.54) is 0 Å². The first-order valence-electron chi connectivity index (χ1n) is 8.70. The van der Waals surface area contributed by atoms with Gasteiger partial charge in [-0.2, -0.15) is 0 Å². The van der Waals surface area contributed by atoms with Gasteiger partial charge in [0.05, 0.1) is 11.0 Å². The SMILES string of the molecule is Cc1ccccc1OCC(=O)N1CCC(c2ccccc2)S(=O)(=O)CC1. The Morgan fingerprint density at radius 1 is 1.08 bits per heavy atom. The first kappa shape index (κ1) is 18.5. The van der Waals surface area contributed by atoms with E-state index >= 15 is 0 Å². The van der Waals surface area contributed by atoms with Gasteiger partial charge in [-0.15, -0.1) is 0 Å². The van der Waals surface area contributed by atoms with Crippen molar-refractivity contribution in [1.82, 2.24) is 4.90 Å². The number of rotatable bonds is 4. The zero-order chi connectivity index (χ0) is 18.6. The second kappa shape index (κ2) is 7.91. The fourth-order valence-electron chi connectivity index (χ4n) is 3.18. The van der Waals surface area contributed by atoms with E-state index in [-0.39, 0.29) is 24.8 Å². The summed E-state index contributed by atoms with van der Waals surface area (Å²) in [4.78, 5) is 14.1. The lowest BCUT2D eigenvalue weighted by Crippen LogP contribution is -2.37. The number of amides is 1. The average Bonchev–Trinajstić information content (AvgIpc) is 2.79. The molecule has 0 spiro atoms. The highest BCUT2D eigenvalue weighted by atomic mass is 32.2. The zero-order valence-corrected chi connectivity index (χ0v) is 15.6. The van der Waals surface area contributed by atoms with Crippen LogP contribution in [0, 0.1) is 6.92 Å². The van der Waals surface area contributed by atoms with E-state index in [0.29, 0.717) is 18.7 Å². The number of carbonyl (C=O) groups is 1. The first-order chi connectivity index (χ1) is 12.5. The highest BCUT2D eigenvalue weighted by Gasteiger charge is 2.32. The van der Waals surface area contributed by atoms with Crippen molar-refractivity contribution < 1.29 is 17.9 Å². The largest absolute Gasteiger partial charge is 0.484 e. The minimum absolute atomic E-state index is 0.0251. The van der Waals surface area contributed by atoms with Gasteiger partial charge in [-0.1, -0.05) is 48.5 Å². The third-order valence-electron chi connectivity index (χ3n) is 4.71. The van der Waals surface area contributed by atoms with Gasteiger partial charge in [0.2, 0.25) is 0 Å². The van der Waals surface area contributed by atoms with Crippen LogP contribution < -0.4 is 4.74 Å². The Hall–Kier alpha value is -2.34. The third kappa shape index (κ3) is 4.25. The Balaban J connectivity index is 1.66. The Morgan fingerprint density at radius 2 is 1.77 bits per heavy atom. The summed E-state index contributed by atoms with van der Waals surface area (Å²) >= 11 is 0. The molecule has 0 N–H and O–H groups in total. The highest BCUT2D eigenvalue weighted by molar-refractivity contribution is 7.91. The van der Waals surface area contributed by atoms with Crippen LogP contribution in [-0.4, -0.2) is 44.7 Å². The molecule has 5 nitrogen and oxygen atoms in total. The molecule has 26 heavy (non-hydrogen) atoms. The zero-order valence-electron chi connectivity index (χ0n) is 14.8. The minimum Gasteiger partial charge on any atom is -0.484 e. The molecule has 1 saturated heterocycles. The van der Waals surface area contributed by atoms with Crippen LogP contribution in [0.5, 0.6) is 5.75 Å². The summed E-state index contributed by atoms with van der Waals surface area (Å²) < 4.78 is 30.9. The van der Waals surface area contributed by atoms with Crippen molar-refractivity contribution in [3.8, 4) is 5.75 Å². The van der Waals surface area contributed by atoms with E-state index in [2.05, 4.69) is 0 Å². The fraction of sp³-hybridized carbons (Fsp3) is 0.350. The number of para-hydroxylation sites is 1. The molecule has 1 amide bonds. The van der Waals surface area contributed by atoms with E-state index in [1.807, 2.05) is 61.5 Å². The molecular formula is C20H23NO4S. The van der Waals surface area contributed by atoms with E-state index in [4.69, 9.17) is 4.74 Å². The number of nitrogens with zero attached hydrogens (tertiary/aromatic N) is 1. The van der Waals surface area contributed by atoms with Crippen molar-refractivity contribution in [2.24, 2.45) is 0 Å². The smallest absolute Gasteiger partial charge is 0.260 e. The van der Waals surface area contributed by atoms with Crippen LogP contribution in [0.15, 0.2) is 54.6 Å². The number of hydrogen-bond donors (Lipinski definition) is 0. The first-order valence-corrected chi connectivity index (χ1v) is 10.4. The predicted octanol–water partition coefficient (Wildman–Crippen LogP) is 2.76. The summed E-state index contributed by atoms with van der Waals surface area (Å²) in [6, 6.07) is 16.7. The maximum absolute atomic E-state index is 12.6. The summed E-state index contributed by atoms with van der Waals surface area (Å²) in [6.45, 7) is 2.46. The maximum Gasteiger partial charge on any atom is 0.260 e. The Bertz CT molecular complexity index is 864. The van der Waals surface area contributed by atoms with Crippen molar-refractivity contribution in [2.75, 3.05) is 25.4 Å². The van der Waals surface area contributed by atoms with E-state index in [9.17, 15) is 13.2 Å². The Kier molecular flexibility index (Phi) is 5.61. The molecule has 0 aromatic heterocycles. The molecular weight excluding hydrogens is 350 g/mol. The second-order valence-electron chi connectivity index (χ2n) is 6.49. The predicted molar refractivity (Wildman–Crippen MR) is 101 cm³/mol. The van der Waals surface area contributed by atoms with Crippen molar-refractivity contribution >= 4 is 15.7 Å². The standard InChI is InChI=1S/C20H23NO4S/c1-16-7-5-6-10-18(16)25-15-20(22)21-12-11-19(26(23,24)14-13-21)17-8-3-2-4-9-17/h2-10,19H,11-15H2,1H3. The van der Waals surface area contributed by atoms with Crippen LogP contribution in [0.4, 0.5) is 0 Å². The Morgan fingerprint density at radius 3 is 2.50 bits per heavy atom.